The highest BCUT2D eigenvalue weighted by Gasteiger charge is 2.05. The minimum absolute atomic E-state index is 0.505. The summed E-state index contributed by atoms with van der Waals surface area (Å²) in [5.41, 5.74) is 7.17. The molecule has 0 saturated carbocycles. The van der Waals surface area contributed by atoms with E-state index in [1.807, 2.05) is 66.7 Å². The average molecular weight is 414 g/mol. The van der Waals surface area contributed by atoms with Crippen LogP contribution in [0.4, 0.5) is 10.8 Å². The van der Waals surface area contributed by atoms with Gasteiger partial charge in [0.2, 0.25) is 11.0 Å². The number of azo groups is 1. The van der Waals surface area contributed by atoms with E-state index < -0.39 is 0 Å². The summed E-state index contributed by atoms with van der Waals surface area (Å²) >= 11 is 1.51. The number of hydrogen-bond acceptors (Lipinski definition) is 5. The Balaban J connectivity index is 1.55. The van der Waals surface area contributed by atoms with Gasteiger partial charge in [0, 0.05) is 5.56 Å². The summed E-state index contributed by atoms with van der Waals surface area (Å²) in [6.07, 6.45) is 3.51. The molecule has 4 aromatic rings. The second-order valence-corrected chi connectivity index (χ2v) is 7.89. The molecule has 0 saturated heterocycles. The number of benzene rings is 3. The van der Waals surface area contributed by atoms with Crippen molar-refractivity contribution in [2.45, 2.75) is 26.2 Å². The molecule has 0 spiro atoms. The van der Waals surface area contributed by atoms with E-state index in [0.717, 1.165) is 27.9 Å². The third kappa shape index (κ3) is 5.15. The van der Waals surface area contributed by atoms with Gasteiger partial charge in [-0.05, 0) is 42.7 Å². The largest absolute Gasteiger partial charge is 0.276 e. The number of aromatic nitrogens is 1. The van der Waals surface area contributed by atoms with E-state index in [9.17, 15) is 0 Å². The zero-order valence-corrected chi connectivity index (χ0v) is 17.6. The summed E-state index contributed by atoms with van der Waals surface area (Å²) < 4.78 is 1.09. The summed E-state index contributed by atoms with van der Waals surface area (Å²) in [4.78, 5) is 4.51. The number of para-hydroxylation sites is 1. The van der Waals surface area contributed by atoms with Crippen LogP contribution in [0.25, 0.3) is 10.2 Å². The van der Waals surface area contributed by atoms with Crippen LogP contribution in [0.3, 0.4) is 0 Å². The normalized spacial score (nSPS) is 12.0. The zero-order chi connectivity index (χ0) is 20.6. The molecule has 5 nitrogen and oxygen atoms in total. The van der Waals surface area contributed by atoms with Crippen LogP contribution in [0.2, 0.25) is 0 Å². The van der Waals surface area contributed by atoms with Gasteiger partial charge in [-0.3, -0.25) is 5.43 Å². The fraction of sp³-hybridized carbons (Fsp3) is 0.167. The van der Waals surface area contributed by atoms with E-state index in [1.54, 1.807) is 0 Å². The fourth-order valence-electron chi connectivity index (χ4n) is 2.97. The highest BCUT2D eigenvalue weighted by atomic mass is 32.1. The molecule has 0 aliphatic carbocycles. The Bertz CT molecular complexity index is 1110. The van der Waals surface area contributed by atoms with Crippen molar-refractivity contribution in [1.82, 2.24) is 4.98 Å². The van der Waals surface area contributed by atoms with Crippen LogP contribution in [-0.4, -0.2) is 10.8 Å². The highest BCUT2D eigenvalue weighted by molar-refractivity contribution is 7.21. The van der Waals surface area contributed by atoms with Crippen LogP contribution in [0.15, 0.2) is 94.2 Å². The first-order chi connectivity index (χ1) is 14.8. The second-order valence-electron chi connectivity index (χ2n) is 6.88. The Hall–Kier alpha value is -3.38. The van der Waals surface area contributed by atoms with Gasteiger partial charge in [-0.1, -0.05) is 79.3 Å². The first-order valence-corrected chi connectivity index (χ1v) is 10.9. The summed E-state index contributed by atoms with van der Waals surface area (Å²) in [5.74, 6) is 0.505. The van der Waals surface area contributed by atoms with Crippen LogP contribution in [0.1, 0.15) is 30.9 Å². The van der Waals surface area contributed by atoms with Gasteiger partial charge in [-0.15, -0.1) is 10.2 Å². The predicted octanol–water partition coefficient (Wildman–Crippen LogP) is 7.20. The lowest BCUT2D eigenvalue weighted by atomic mass is 10.1. The summed E-state index contributed by atoms with van der Waals surface area (Å²) in [6, 6.07) is 26.1. The monoisotopic (exact) mass is 413 g/mol. The maximum absolute atomic E-state index is 4.51. The SMILES string of the molecule is CCCCc1ccc(N/N=C(\N=Nc2nc3ccccc3s2)c2ccccc2)cc1. The summed E-state index contributed by atoms with van der Waals surface area (Å²) in [5, 5.41) is 13.9. The molecule has 4 rings (SSSR count). The molecule has 3 aromatic carbocycles. The number of unbranched alkanes of at least 4 members (excludes halogenated alkanes) is 1. The zero-order valence-electron chi connectivity index (χ0n) is 16.8. The maximum Gasteiger partial charge on any atom is 0.231 e. The molecule has 0 atom stereocenters. The second kappa shape index (κ2) is 9.89. The van der Waals surface area contributed by atoms with Gasteiger partial charge < -0.3 is 0 Å². The molecule has 1 heterocycles. The third-order valence-corrected chi connectivity index (χ3v) is 5.53. The van der Waals surface area contributed by atoms with Crippen molar-refractivity contribution < 1.29 is 0 Å². The topological polar surface area (TPSA) is 62.0 Å². The van der Waals surface area contributed by atoms with E-state index in [1.165, 1.54) is 29.7 Å². The number of amidine groups is 1. The van der Waals surface area contributed by atoms with Crippen molar-refractivity contribution in [3.8, 4) is 0 Å². The van der Waals surface area contributed by atoms with Crippen molar-refractivity contribution in [3.63, 3.8) is 0 Å². The Labute approximate surface area is 180 Å². The van der Waals surface area contributed by atoms with Crippen molar-refractivity contribution >= 4 is 38.2 Å². The van der Waals surface area contributed by atoms with Gasteiger partial charge in [-0.25, -0.2) is 4.98 Å². The van der Waals surface area contributed by atoms with Crippen molar-refractivity contribution in [2.24, 2.45) is 15.3 Å². The first-order valence-electron chi connectivity index (χ1n) is 10.1. The number of hydrazone groups is 1. The summed E-state index contributed by atoms with van der Waals surface area (Å²) in [7, 11) is 0. The van der Waals surface area contributed by atoms with Gasteiger partial charge in [-0.2, -0.15) is 5.10 Å². The van der Waals surface area contributed by atoms with Crippen LogP contribution in [0, 0.1) is 0 Å². The van der Waals surface area contributed by atoms with Gasteiger partial charge in [0.15, 0.2) is 0 Å². The molecule has 0 aliphatic heterocycles. The molecule has 0 bridgehead atoms. The molecule has 150 valence electrons. The van der Waals surface area contributed by atoms with E-state index in [-0.39, 0.29) is 0 Å². The lowest BCUT2D eigenvalue weighted by molar-refractivity contribution is 0.795. The Morgan fingerprint density at radius 2 is 1.70 bits per heavy atom. The average Bonchev–Trinajstić information content (AvgIpc) is 3.22. The molecule has 30 heavy (non-hydrogen) atoms. The smallest absolute Gasteiger partial charge is 0.231 e. The fourth-order valence-corrected chi connectivity index (χ4v) is 3.76. The minimum Gasteiger partial charge on any atom is -0.276 e. The maximum atomic E-state index is 4.51. The molecule has 0 aliphatic rings. The van der Waals surface area contributed by atoms with Gasteiger partial charge in [0.05, 0.1) is 15.9 Å². The van der Waals surface area contributed by atoms with Crippen molar-refractivity contribution in [1.29, 1.82) is 0 Å². The number of anilines is 1. The van der Waals surface area contributed by atoms with Crippen LogP contribution >= 0.6 is 11.3 Å². The highest BCUT2D eigenvalue weighted by Crippen LogP contribution is 2.28. The molecule has 1 aromatic heterocycles. The lowest BCUT2D eigenvalue weighted by Crippen LogP contribution is -2.01. The summed E-state index contributed by atoms with van der Waals surface area (Å²) in [6.45, 7) is 2.21. The standard InChI is InChI=1S/C24H23N5S/c1-2-3-9-18-14-16-20(17-15-18)26-27-23(19-10-5-4-6-11-19)28-29-24-25-21-12-7-8-13-22(21)30-24/h4-8,10-17,26H,2-3,9H2,1H3/b27-23-,29-28?. The van der Waals surface area contributed by atoms with E-state index in [4.69, 9.17) is 0 Å². The van der Waals surface area contributed by atoms with Crippen LogP contribution < -0.4 is 5.43 Å². The lowest BCUT2D eigenvalue weighted by Gasteiger charge is -2.05. The minimum atomic E-state index is 0.505. The van der Waals surface area contributed by atoms with Crippen molar-refractivity contribution in [3.05, 3.63) is 90.0 Å². The first kappa shape index (κ1) is 19.9. The molecule has 6 heteroatoms. The van der Waals surface area contributed by atoms with Gasteiger partial charge in [0.25, 0.3) is 0 Å². The molecular formula is C24H23N5S. The number of aryl methyl sites for hydroxylation is 1. The number of fused-ring (bicyclic) bond motifs is 1. The van der Waals surface area contributed by atoms with Crippen LogP contribution in [0.5, 0.6) is 0 Å². The van der Waals surface area contributed by atoms with Gasteiger partial charge in [0.1, 0.15) is 0 Å². The van der Waals surface area contributed by atoms with E-state index in [0.29, 0.717) is 11.0 Å². The number of rotatable bonds is 7. The predicted molar refractivity (Wildman–Crippen MR) is 126 cm³/mol. The number of thiazole rings is 1. The van der Waals surface area contributed by atoms with E-state index >= 15 is 0 Å². The number of hydrogen-bond donors (Lipinski definition) is 1. The number of nitrogens with zero attached hydrogens (tertiary/aromatic N) is 4. The quantitative estimate of drug-likeness (QED) is 0.151. The molecule has 1 N–H and O–H groups in total. The molecule has 0 amide bonds. The molecule has 0 unspecified atom stereocenters. The van der Waals surface area contributed by atoms with Gasteiger partial charge >= 0.3 is 0 Å². The third-order valence-electron chi connectivity index (χ3n) is 4.61. The molecule has 0 radical (unpaired) electrons. The van der Waals surface area contributed by atoms with Crippen molar-refractivity contribution in [2.75, 3.05) is 5.43 Å². The number of nitrogens with one attached hydrogen (secondary N) is 1. The Morgan fingerprint density at radius 3 is 2.47 bits per heavy atom. The van der Waals surface area contributed by atoms with E-state index in [2.05, 4.69) is 44.8 Å². The molecule has 0 fully saturated rings. The molecular weight excluding hydrogens is 390 g/mol. The Morgan fingerprint density at radius 1 is 0.933 bits per heavy atom. The Kier molecular flexibility index (Phi) is 6.57. The van der Waals surface area contributed by atoms with Crippen LogP contribution in [-0.2, 0) is 6.42 Å².